The summed E-state index contributed by atoms with van der Waals surface area (Å²) in [5.74, 6) is -0.864. The fraction of sp³-hybridized carbons (Fsp3) is 0.500. The van der Waals surface area contributed by atoms with Gasteiger partial charge in [-0.2, -0.15) is 5.26 Å². The molecule has 0 saturated heterocycles. The Bertz CT molecular complexity index is 516. The van der Waals surface area contributed by atoms with Crippen LogP contribution >= 0.6 is 0 Å². The van der Waals surface area contributed by atoms with Crippen LogP contribution in [0.2, 0.25) is 0 Å². The zero-order valence-electron chi connectivity index (χ0n) is 11.7. The van der Waals surface area contributed by atoms with Crippen molar-refractivity contribution in [1.82, 2.24) is 10.3 Å². The molecule has 5 heteroatoms. The maximum absolute atomic E-state index is 11.3. The molecule has 1 aromatic heterocycles. The first-order valence-electron chi connectivity index (χ1n) is 6.05. The number of hydrogen-bond donors (Lipinski definition) is 2. The fourth-order valence-electron chi connectivity index (χ4n) is 1.49. The van der Waals surface area contributed by atoms with E-state index in [-0.39, 0.29) is 0 Å². The first-order valence-corrected chi connectivity index (χ1v) is 6.05. The number of carboxylic acids is 1. The summed E-state index contributed by atoms with van der Waals surface area (Å²) >= 11 is 0. The number of aliphatic carboxylic acids is 1. The Balaban J connectivity index is 2.87. The van der Waals surface area contributed by atoms with Crippen LogP contribution in [0.5, 0.6) is 0 Å². The van der Waals surface area contributed by atoms with Crippen molar-refractivity contribution in [1.29, 1.82) is 5.26 Å². The van der Waals surface area contributed by atoms with E-state index in [0.717, 1.165) is 5.56 Å². The molecule has 0 aliphatic heterocycles. The molecule has 0 saturated carbocycles. The minimum atomic E-state index is -0.929. The van der Waals surface area contributed by atoms with Gasteiger partial charge in [-0.3, -0.25) is 4.79 Å². The van der Waals surface area contributed by atoms with Gasteiger partial charge in [0.25, 0.3) is 0 Å². The van der Waals surface area contributed by atoms with Gasteiger partial charge in [0, 0.05) is 23.8 Å². The second-order valence-corrected chi connectivity index (χ2v) is 5.53. The van der Waals surface area contributed by atoms with Crippen LogP contribution in [0.25, 0.3) is 0 Å². The number of nitrogens with one attached hydrogen (secondary N) is 1. The van der Waals surface area contributed by atoms with Gasteiger partial charge in [-0.05, 0) is 33.8 Å². The quantitative estimate of drug-likeness (QED) is 0.845. The van der Waals surface area contributed by atoms with Crippen LogP contribution in [0.1, 0.15) is 39.0 Å². The minimum absolute atomic E-state index is 0.360. The van der Waals surface area contributed by atoms with Gasteiger partial charge in [0.1, 0.15) is 11.8 Å². The number of carbonyl (C=O) groups is 1. The molecule has 5 nitrogen and oxygen atoms in total. The average molecular weight is 261 g/mol. The molecule has 0 aromatic carbocycles. The lowest BCUT2D eigenvalue weighted by Gasteiger charge is -2.39. The predicted octanol–water partition coefficient (Wildman–Crippen LogP) is 1.93. The molecule has 0 fully saturated rings. The maximum atomic E-state index is 11.3. The Morgan fingerprint density at radius 2 is 2.11 bits per heavy atom. The first kappa shape index (κ1) is 15.1. The highest BCUT2D eigenvalue weighted by Gasteiger charge is 2.43. The zero-order chi connectivity index (χ0) is 14.7. The Kier molecular flexibility index (Phi) is 4.28. The highest BCUT2D eigenvalue weighted by Crippen LogP contribution is 2.31. The van der Waals surface area contributed by atoms with Crippen molar-refractivity contribution < 1.29 is 9.90 Å². The molecule has 1 aromatic rings. The molecule has 102 valence electrons. The smallest absolute Gasteiger partial charge is 0.310 e. The molecule has 0 spiro atoms. The summed E-state index contributed by atoms with van der Waals surface area (Å²) in [7, 11) is 0. The van der Waals surface area contributed by atoms with Gasteiger partial charge in [-0.15, -0.1) is 0 Å². The van der Waals surface area contributed by atoms with Crippen molar-refractivity contribution in [3.63, 3.8) is 0 Å². The highest BCUT2D eigenvalue weighted by molar-refractivity contribution is 5.75. The van der Waals surface area contributed by atoms with Crippen LogP contribution in [0.3, 0.4) is 0 Å². The van der Waals surface area contributed by atoms with Crippen LogP contribution in [0.15, 0.2) is 18.3 Å². The highest BCUT2D eigenvalue weighted by atomic mass is 16.4. The summed E-state index contributed by atoms with van der Waals surface area (Å²) in [5, 5.41) is 21.4. The Morgan fingerprint density at radius 3 is 2.63 bits per heavy atom. The maximum Gasteiger partial charge on any atom is 0.310 e. The lowest BCUT2D eigenvalue weighted by molar-refractivity contribution is -0.151. The molecule has 0 aliphatic carbocycles. The van der Waals surface area contributed by atoms with Crippen molar-refractivity contribution in [2.24, 2.45) is 5.41 Å². The number of hydrogen-bond acceptors (Lipinski definition) is 4. The normalized spacial score (nSPS) is 11.9. The third kappa shape index (κ3) is 3.09. The van der Waals surface area contributed by atoms with Crippen LogP contribution < -0.4 is 5.32 Å². The number of rotatable bonds is 5. The van der Waals surface area contributed by atoms with Crippen molar-refractivity contribution in [3.05, 3.63) is 29.6 Å². The van der Waals surface area contributed by atoms with Gasteiger partial charge in [0.05, 0.1) is 5.41 Å². The standard InChI is InChI=1S/C14H19N3O2/c1-13(2,12(18)19)14(3,4)17-9-10-6-5-7-16-11(10)8-15/h5-7,17H,9H2,1-4H3,(H,18,19). The summed E-state index contributed by atoms with van der Waals surface area (Å²) in [6, 6.07) is 5.59. The SMILES string of the molecule is CC(C)(NCc1cccnc1C#N)C(C)(C)C(=O)O. The molecule has 0 atom stereocenters. The van der Waals surface area contributed by atoms with E-state index in [0.29, 0.717) is 12.2 Å². The monoisotopic (exact) mass is 261 g/mol. The molecule has 0 radical (unpaired) electrons. The summed E-state index contributed by atoms with van der Waals surface area (Å²) < 4.78 is 0. The predicted molar refractivity (Wildman–Crippen MR) is 71.3 cm³/mol. The fourth-order valence-corrected chi connectivity index (χ4v) is 1.49. The number of carboxylic acid groups (broad SMARTS) is 1. The average Bonchev–Trinajstić information content (AvgIpc) is 2.36. The van der Waals surface area contributed by atoms with Crippen molar-refractivity contribution in [3.8, 4) is 6.07 Å². The number of nitrogens with zero attached hydrogens (tertiary/aromatic N) is 2. The number of aromatic nitrogens is 1. The third-order valence-electron chi connectivity index (χ3n) is 3.82. The largest absolute Gasteiger partial charge is 0.481 e. The van der Waals surface area contributed by atoms with Crippen molar-refractivity contribution in [2.75, 3.05) is 0 Å². The second kappa shape index (κ2) is 5.37. The summed E-state index contributed by atoms with van der Waals surface area (Å²) in [5.41, 5.74) is -0.429. The first-order chi connectivity index (χ1) is 8.72. The Hall–Kier alpha value is -1.93. The van der Waals surface area contributed by atoms with Gasteiger partial charge < -0.3 is 10.4 Å². The zero-order valence-corrected chi connectivity index (χ0v) is 11.7. The lowest BCUT2D eigenvalue weighted by Crippen LogP contribution is -2.54. The van der Waals surface area contributed by atoms with E-state index in [9.17, 15) is 9.90 Å². The topological polar surface area (TPSA) is 86.0 Å². The van der Waals surface area contributed by atoms with Crippen LogP contribution in [-0.4, -0.2) is 21.6 Å². The summed E-state index contributed by atoms with van der Waals surface area (Å²) in [4.78, 5) is 15.3. The van der Waals surface area contributed by atoms with Gasteiger partial charge in [0.15, 0.2) is 0 Å². The Morgan fingerprint density at radius 1 is 1.47 bits per heavy atom. The molecular weight excluding hydrogens is 242 g/mol. The molecule has 1 rings (SSSR count). The minimum Gasteiger partial charge on any atom is -0.481 e. The van der Waals surface area contributed by atoms with Crippen LogP contribution in [-0.2, 0) is 11.3 Å². The summed E-state index contributed by atoms with van der Waals surface area (Å²) in [6.45, 7) is 7.43. The van der Waals surface area contributed by atoms with E-state index >= 15 is 0 Å². The molecule has 0 bridgehead atoms. The van der Waals surface area contributed by atoms with Gasteiger partial charge in [0.2, 0.25) is 0 Å². The van der Waals surface area contributed by atoms with Gasteiger partial charge in [-0.1, -0.05) is 6.07 Å². The molecule has 0 amide bonds. The van der Waals surface area contributed by atoms with E-state index in [1.54, 1.807) is 26.1 Å². The van der Waals surface area contributed by atoms with E-state index in [1.807, 2.05) is 26.0 Å². The molecule has 0 aliphatic rings. The number of nitriles is 1. The molecule has 19 heavy (non-hydrogen) atoms. The molecular formula is C14H19N3O2. The molecule has 1 heterocycles. The Labute approximate surface area is 113 Å². The number of pyridine rings is 1. The van der Waals surface area contributed by atoms with E-state index in [1.165, 1.54) is 0 Å². The van der Waals surface area contributed by atoms with Gasteiger partial charge in [-0.25, -0.2) is 4.98 Å². The van der Waals surface area contributed by atoms with E-state index in [2.05, 4.69) is 10.3 Å². The molecule has 2 N–H and O–H groups in total. The lowest BCUT2D eigenvalue weighted by atomic mass is 9.74. The van der Waals surface area contributed by atoms with Crippen molar-refractivity contribution >= 4 is 5.97 Å². The second-order valence-electron chi connectivity index (χ2n) is 5.53. The van der Waals surface area contributed by atoms with E-state index in [4.69, 9.17) is 5.26 Å². The van der Waals surface area contributed by atoms with Gasteiger partial charge >= 0.3 is 5.97 Å². The summed E-state index contributed by atoms with van der Waals surface area (Å²) in [6.07, 6.45) is 1.56. The van der Waals surface area contributed by atoms with E-state index < -0.39 is 16.9 Å². The van der Waals surface area contributed by atoms with Crippen LogP contribution in [0.4, 0.5) is 0 Å². The third-order valence-corrected chi connectivity index (χ3v) is 3.82. The molecule has 0 unspecified atom stereocenters. The van der Waals surface area contributed by atoms with Crippen molar-refractivity contribution in [2.45, 2.75) is 39.8 Å². The van der Waals surface area contributed by atoms with Crippen LogP contribution in [0, 0.1) is 16.7 Å².